The van der Waals surface area contributed by atoms with Crippen molar-refractivity contribution in [2.24, 2.45) is 0 Å². The van der Waals surface area contributed by atoms with Gasteiger partial charge < -0.3 is 20.2 Å². The molecule has 1 fully saturated rings. The molecular formula is C31H31F3N6O4. The number of carboxylic acid groups (broad SMARTS) is 1. The molecule has 0 unspecified atom stereocenters. The van der Waals surface area contributed by atoms with Crippen molar-refractivity contribution in [3.63, 3.8) is 0 Å². The Morgan fingerprint density at radius 3 is 2.45 bits per heavy atom. The molecule has 13 heteroatoms. The fourth-order valence-corrected chi connectivity index (χ4v) is 5.17. The van der Waals surface area contributed by atoms with E-state index >= 15 is 0 Å². The summed E-state index contributed by atoms with van der Waals surface area (Å²) in [6.07, 6.45) is 6.77. The number of piperidine rings is 1. The number of carboxylic acids is 1. The molecular weight excluding hydrogens is 577 g/mol. The minimum atomic E-state index is -5.08. The molecule has 3 aromatic rings. The van der Waals surface area contributed by atoms with Crippen molar-refractivity contribution in [3.8, 4) is 0 Å². The van der Waals surface area contributed by atoms with E-state index in [1.54, 1.807) is 6.20 Å². The molecule has 2 aliphatic rings. The van der Waals surface area contributed by atoms with Crippen LogP contribution in [0.3, 0.4) is 0 Å². The zero-order valence-corrected chi connectivity index (χ0v) is 23.7. The largest absolute Gasteiger partial charge is 0.490 e. The number of carbonyl (C=O) groups is 3. The summed E-state index contributed by atoms with van der Waals surface area (Å²) in [6, 6.07) is 11.9. The van der Waals surface area contributed by atoms with Crippen molar-refractivity contribution in [3.05, 3.63) is 88.9 Å². The zero-order valence-electron chi connectivity index (χ0n) is 23.7. The maximum atomic E-state index is 12.8. The second kappa shape index (κ2) is 14.5. The zero-order chi connectivity index (χ0) is 31.7. The lowest BCUT2D eigenvalue weighted by Crippen LogP contribution is -2.38. The topological polar surface area (TPSA) is 133 Å². The van der Waals surface area contributed by atoms with Crippen molar-refractivity contribution in [2.75, 3.05) is 18.4 Å². The summed E-state index contributed by atoms with van der Waals surface area (Å²) in [4.78, 5) is 50.8. The number of hydrogen-bond acceptors (Lipinski definition) is 5. The van der Waals surface area contributed by atoms with Crippen molar-refractivity contribution < 1.29 is 32.7 Å². The smallest absolute Gasteiger partial charge is 0.475 e. The highest BCUT2D eigenvalue weighted by Crippen LogP contribution is 2.36. The Morgan fingerprint density at radius 1 is 1.11 bits per heavy atom. The van der Waals surface area contributed by atoms with Crippen LogP contribution >= 0.6 is 0 Å². The summed E-state index contributed by atoms with van der Waals surface area (Å²) in [5, 5.41) is 10.1. The Labute approximate surface area is 251 Å². The molecule has 3 heterocycles. The summed E-state index contributed by atoms with van der Waals surface area (Å²) >= 11 is 0. The standard InChI is InChI=1S/C29H30N6O2.C2HF3O2/c1-30-26-19-32-28(34-26)29(37)33-25-11-10-22(17-24(25)21-7-3-2-4-8-21)20-12-15-35(16-13-20)27(36)18-23-9-5-6-14-31-23;3-2(4,5)1(6)7/h5-7,9-11,14,17,19-20H,2-4,8,12-13,15-16,18H2,(H,32,34)(H,33,37);(H,6,7). The third kappa shape index (κ3) is 8.53. The number of rotatable bonds is 6. The highest BCUT2D eigenvalue weighted by molar-refractivity contribution is 6.03. The number of alkyl halides is 3. The Bertz CT molecular complexity index is 1550. The first-order chi connectivity index (χ1) is 21.0. The SMILES string of the molecule is O=C(O)C(F)(F)F.[C-]#[N+]c1cnc(C(=O)Nc2ccc(C3CCN(C(=O)Cc4ccccn4)CC3)cc2C2=CCCCC2)[nH]1. The summed E-state index contributed by atoms with van der Waals surface area (Å²) in [5.41, 5.74) is 5.11. The van der Waals surface area contributed by atoms with Crippen LogP contribution in [0.1, 0.15) is 71.9 Å². The summed E-state index contributed by atoms with van der Waals surface area (Å²) in [6.45, 7) is 8.55. The maximum Gasteiger partial charge on any atom is 0.490 e. The van der Waals surface area contributed by atoms with E-state index in [9.17, 15) is 22.8 Å². The molecule has 1 aliphatic carbocycles. The summed E-state index contributed by atoms with van der Waals surface area (Å²) in [5.74, 6) is -2.27. The summed E-state index contributed by atoms with van der Waals surface area (Å²) in [7, 11) is 0. The van der Waals surface area contributed by atoms with E-state index in [4.69, 9.17) is 16.5 Å². The number of benzene rings is 1. The minimum absolute atomic E-state index is 0.126. The molecule has 230 valence electrons. The van der Waals surface area contributed by atoms with Gasteiger partial charge in [0.25, 0.3) is 5.82 Å². The lowest BCUT2D eigenvalue weighted by atomic mass is 9.85. The number of nitrogens with zero attached hydrogens (tertiary/aromatic N) is 4. The molecule has 0 saturated carbocycles. The normalized spacial score (nSPS) is 15.3. The van der Waals surface area contributed by atoms with Gasteiger partial charge in [-0.15, -0.1) is 0 Å². The van der Waals surface area contributed by atoms with Crippen molar-refractivity contribution in [1.82, 2.24) is 19.9 Å². The number of H-pyrrole nitrogens is 1. The van der Waals surface area contributed by atoms with Crippen LogP contribution in [0, 0.1) is 6.57 Å². The molecule has 5 rings (SSSR count). The van der Waals surface area contributed by atoms with E-state index in [2.05, 4.69) is 43.3 Å². The number of amides is 2. The molecule has 0 atom stereocenters. The van der Waals surface area contributed by atoms with E-state index in [1.807, 2.05) is 29.2 Å². The van der Waals surface area contributed by atoms with E-state index in [-0.39, 0.29) is 23.5 Å². The van der Waals surface area contributed by atoms with Crippen LogP contribution in [-0.4, -0.2) is 62.0 Å². The number of allylic oxidation sites excluding steroid dienone is 2. The molecule has 1 saturated heterocycles. The number of aliphatic carboxylic acids is 1. The fraction of sp³-hybridized carbons (Fsp3) is 0.355. The number of anilines is 1. The van der Waals surface area contributed by atoms with Gasteiger partial charge in [0.15, 0.2) is 0 Å². The van der Waals surface area contributed by atoms with Crippen LogP contribution in [0.2, 0.25) is 0 Å². The van der Waals surface area contributed by atoms with Gasteiger partial charge in [0.1, 0.15) is 0 Å². The number of pyridine rings is 1. The van der Waals surface area contributed by atoms with Gasteiger partial charge in [-0.3, -0.25) is 19.6 Å². The van der Waals surface area contributed by atoms with Crippen LogP contribution in [0.25, 0.3) is 10.4 Å². The highest BCUT2D eigenvalue weighted by atomic mass is 19.4. The number of carbonyl (C=O) groups excluding carboxylic acids is 2. The third-order valence-electron chi connectivity index (χ3n) is 7.45. The van der Waals surface area contributed by atoms with Crippen LogP contribution < -0.4 is 5.32 Å². The van der Waals surface area contributed by atoms with Gasteiger partial charge in [-0.05, 0) is 79.8 Å². The van der Waals surface area contributed by atoms with Crippen LogP contribution in [0.5, 0.6) is 0 Å². The molecule has 1 aromatic carbocycles. The molecule has 3 N–H and O–H groups in total. The van der Waals surface area contributed by atoms with E-state index in [0.29, 0.717) is 12.3 Å². The highest BCUT2D eigenvalue weighted by Gasteiger charge is 2.38. The predicted molar refractivity (Wildman–Crippen MR) is 156 cm³/mol. The lowest BCUT2D eigenvalue weighted by Gasteiger charge is -2.32. The Balaban J connectivity index is 0.000000566. The first-order valence-electron chi connectivity index (χ1n) is 14.1. The average molecular weight is 609 g/mol. The molecule has 44 heavy (non-hydrogen) atoms. The first kappa shape index (κ1) is 31.9. The Morgan fingerprint density at radius 2 is 1.86 bits per heavy atom. The van der Waals surface area contributed by atoms with E-state index in [0.717, 1.165) is 62.1 Å². The maximum absolute atomic E-state index is 12.8. The van der Waals surface area contributed by atoms with Gasteiger partial charge in [-0.25, -0.2) is 9.78 Å². The minimum Gasteiger partial charge on any atom is -0.475 e. The fourth-order valence-electron chi connectivity index (χ4n) is 5.17. The van der Waals surface area contributed by atoms with Gasteiger partial charge in [-0.2, -0.15) is 13.2 Å². The van der Waals surface area contributed by atoms with Crippen LogP contribution in [-0.2, 0) is 16.0 Å². The number of likely N-dealkylation sites (tertiary alicyclic amines) is 1. The van der Waals surface area contributed by atoms with Gasteiger partial charge in [-0.1, -0.05) is 24.8 Å². The van der Waals surface area contributed by atoms with E-state index in [1.165, 1.54) is 23.8 Å². The monoisotopic (exact) mass is 608 g/mol. The van der Waals surface area contributed by atoms with E-state index < -0.39 is 12.1 Å². The van der Waals surface area contributed by atoms with Crippen molar-refractivity contribution in [1.29, 1.82) is 0 Å². The van der Waals surface area contributed by atoms with Gasteiger partial charge >= 0.3 is 18.1 Å². The summed E-state index contributed by atoms with van der Waals surface area (Å²) < 4.78 is 31.7. The third-order valence-corrected chi connectivity index (χ3v) is 7.45. The number of aromatic nitrogens is 3. The molecule has 2 aromatic heterocycles. The predicted octanol–water partition coefficient (Wildman–Crippen LogP) is 6.15. The average Bonchev–Trinajstić information content (AvgIpc) is 3.52. The number of halogens is 3. The molecule has 2 amide bonds. The molecule has 0 radical (unpaired) electrons. The van der Waals surface area contributed by atoms with Crippen molar-refractivity contribution >= 4 is 34.9 Å². The molecule has 10 nitrogen and oxygen atoms in total. The molecule has 0 spiro atoms. The van der Waals surface area contributed by atoms with Gasteiger partial charge in [0.05, 0.1) is 12.6 Å². The molecule has 1 aliphatic heterocycles. The second-order valence-electron chi connectivity index (χ2n) is 10.4. The molecule has 0 bridgehead atoms. The Kier molecular flexibility index (Phi) is 10.5. The van der Waals surface area contributed by atoms with Crippen LogP contribution in [0.4, 0.5) is 24.7 Å². The van der Waals surface area contributed by atoms with Gasteiger partial charge in [0.2, 0.25) is 11.7 Å². The van der Waals surface area contributed by atoms with Crippen LogP contribution in [0.15, 0.2) is 54.9 Å². The number of nitrogens with one attached hydrogen (secondary N) is 2. The number of imidazole rings is 1. The Hall–Kier alpha value is -4.99. The quantitative estimate of drug-likeness (QED) is 0.288. The number of aromatic amines is 1. The van der Waals surface area contributed by atoms with Crippen molar-refractivity contribution in [2.45, 2.75) is 57.0 Å². The number of hydrogen-bond donors (Lipinski definition) is 3. The van der Waals surface area contributed by atoms with Gasteiger partial charge in [0, 0.05) is 36.2 Å². The first-order valence-corrected chi connectivity index (χ1v) is 14.1. The second-order valence-corrected chi connectivity index (χ2v) is 10.4. The lowest BCUT2D eigenvalue weighted by molar-refractivity contribution is -0.192.